The number of rotatable bonds is 12. The number of hydrogen-bond acceptors (Lipinski definition) is 7. The zero-order valence-corrected chi connectivity index (χ0v) is 23.4. The van der Waals surface area contributed by atoms with Crippen molar-refractivity contribution < 1.29 is 27.2 Å². The van der Waals surface area contributed by atoms with Crippen LogP contribution in [0.5, 0.6) is 5.75 Å². The normalized spacial score (nSPS) is 11.3. The zero-order chi connectivity index (χ0) is 29.2. The number of carbonyl (C=O) groups excluding carboxylic acids is 2. The van der Waals surface area contributed by atoms with Crippen LogP contribution in [0.1, 0.15) is 32.8 Å². The number of amides is 2. The van der Waals surface area contributed by atoms with Crippen molar-refractivity contribution in [1.29, 1.82) is 0 Å². The molecule has 4 aromatic rings. The zero-order valence-electron chi connectivity index (χ0n) is 22.6. The molecule has 0 aliphatic carbocycles. The maximum atomic E-state index is 12.5. The van der Waals surface area contributed by atoms with E-state index in [2.05, 4.69) is 15.8 Å². The summed E-state index contributed by atoms with van der Waals surface area (Å²) in [5.74, 6) is 0.430. The highest BCUT2D eigenvalue weighted by Gasteiger charge is 2.18. The van der Waals surface area contributed by atoms with Gasteiger partial charge in [0.2, 0.25) is 10.0 Å². The molecule has 0 saturated heterocycles. The van der Waals surface area contributed by atoms with E-state index in [9.17, 15) is 18.0 Å². The number of aryl methyl sites for hydroxylation is 1. The van der Waals surface area contributed by atoms with E-state index in [1.54, 1.807) is 60.7 Å². The summed E-state index contributed by atoms with van der Waals surface area (Å²) in [5.41, 5.74) is 5.87. The quantitative estimate of drug-likeness (QED) is 0.194. The minimum atomic E-state index is -3.55. The Bertz CT molecular complexity index is 1580. The molecule has 0 spiro atoms. The molecule has 2 N–H and O–H groups in total. The second kappa shape index (κ2) is 13.4. The lowest BCUT2D eigenvalue weighted by molar-refractivity contribution is -0.123. The highest BCUT2D eigenvalue weighted by Crippen LogP contribution is 2.21. The Kier molecular flexibility index (Phi) is 9.54. The number of anilines is 1. The molecular formula is C30H30N4O6S. The van der Waals surface area contributed by atoms with Gasteiger partial charge in [-0.15, -0.1) is 0 Å². The van der Waals surface area contributed by atoms with Crippen molar-refractivity contribution in [3.05, 3.63) is 119 Å². The fourth-order valence-corrected chi connectivity index (χ4v) is 4.61. The van der Waals surface area contributed by atoms with Gasteiger partial charge in [-0.2, -0.15) is 5.10 Å². The Morgan fingerprint density at radius 2 is 1.68 bits per heavy atom. The van der Waals surface area contributed by atoms with Gasteiger partial charge >= 0.3 is 0 Å². The average molecular weight is 575 g/mol. The number of ether oxygens (including phenoxy) is 1. The van der Waals surface area contributed by atoms with Crippen molar-refractivity contribution >= 4 is 33.7 Å². The largest absolute Gasteiger partial charge is 0.484 e. The first-order valence-corrected chi connectivity index (χ1v) is 14.5. The highest BCUT2D eigenvalue weighted by atomic mass is 32.2. The fourth-order valence-electron chi connectivity index (χ4n) is 3.72. The Balaban J connectivity index is 1.27. The fraction of sp³-hybridized carbons (Fsp3) is 0.167. The molecule has 11 heteroatoms. The molecule has 0 fully saturated rings. The van der Waals surface area contributed by atoms with E-state index >= 15 is 0 Å². The number of hydrogen-bond donors (Lipinski definition) is 2. The summed E-state index contributed by atoms with van der Waals surface area (Å²) in [5, 5.41) is 6.68. The van der Waals surface area contributed by atoms with Crippen LogP contribution in [0.2, 0.25) is 0 Å². The molecule has 1 aromatic heterocycles. The molecule has 0 saturated carbocycles. The van der Waals surface area contributed by atoms with Crippen LogP contribution in [0.15, 0.2) is 101 Å². The predicted octanol–water partition coefficient (Wildman–Crippen LogP) is 4.01. The van der Waals surface area contributed by atoms with Gasteiger partial charge < -0.3 is 14.5 Å². The molecule has 0 aliphatic heterocycles. The number of hydrazone groups is 1. The Labute approximate surface area is 238 Å². The lowest BCUT2D eigenvalue weighted by Crippen LogP contribution is -2.29. The van der Waals surface area contributed by atoms with Gasteiger partial charge in [0.1, 0.15) is 11.5 Å². The Hall–Kier alpha value is -4.90. The number of carbonyl (C=O) groups is 2. The van der Waals surface area contributed by atoms with Crippen LogP contribution in [0.3, 0.4) is 0 Å². The van der Waals surface area contributed by atoms with Gasteiger partial charge in [0.05, 0.1) is 37.5 Å². The van der Waals surface area contributed by atoms with Crippen LogP contribution in [-0.2, 0) is 27.9 Å². The molecule has 0 atom stereocenters. The second-order valence-electron chi connectivity index (χ2n) is 9.22. The second-order valence-corrected chi connectivity index (χ2v) is 11.1. The van der Waals surface area contributed by atoms with E-state index < -0.39 is 15.9 Å². The monoisotopic (exact) mass is 574 g/mol. The molecule has 212 valence electrons. The molecule has 2 amide bonds. The smallest absolute Gasteiger partial charge is 0.271 e. The number of nitrogens with one attached hydrogen (secondary N) is 2. The minimum absolute atomic E-state index is 0.142. The third-order valence-electron chi connectivity index (χ3n) is 5.93. The molecule has 0 radical (unpaired) electrons. The summed E-state index contributed by atoms with van der Waals surface area (Å²) in [4.78, 5) is 24.5. The summed E-state index contributed by atoms with van der Waals surface area (Å²) in [6.07, 6.45) is 4.16. The van der Waals surface area contributed by atoms with Gasteiger partial charge in [-0.05, 0) is 78.7 Å². The van der Waals surface area contributed by atoms with Crippen LogP contribution in [0.25, 0.3) is 0 Å². The van der Waals surface area contributed by atoms with Crippen LogP contribution in [0.4, 0.5) is 5.69 Å². The predicted molar refractivity (Wildman–Crippen MR) is 156 cm³/mol. The van der Waals surface area contributed by atoms with Crippen molar-refractivity contribution in [3.8, 4) is 5.75 Å². The first-order valence-electron chi connectivity index (χ1n) is 12.7. The van der Waals surface area contributed by atoms with E-state index in [0.29, 0.717) is 28.3 Å². The van der Waals surface area contributed by atoms with Crippen LogP contribution in [-0.4, -0.2) is 39.3 Å². The van der Waals surface area contributed by atoms with E-state index in [0.717, 1.165) is 17.4 Å². The molecule has 1 heterocycles. The van der Waals surface area contributed by atoms with Crippen molar-refractivity contribution in [3.63, 3.8) is 0 Å². The third kappa shape index (κ3) is 8.80. The Morgan fingerprint density at radius 1 is 0.976 bits per heavy atom. The standard InChI is InChI=1S/C30H30N4O6S/c1-22-5-7-24(8-6-22)20-34(41(2,37)38)26-13-11-25(12-14-26)30(36)33-32-18-23-9-15-27(16-10-23)40-21-29(35)31-19-28-4-3-17-39-28/h3-18H,19-21H2,1-2H3,(H,31,35)(H,33,36)/b32-18-. The van der Waals surface area contributed by atoms with Gasteiger partial charge in [0, 0.05) is 5.56 Å². The maximum Gasteiger partial charge on any atom is 0.271 e. The topological polar surface area (TPSA) is 130 Å². The van der Waals surface area contributed by atoms with Gasteiger partial charge in [-0.1, -0.05) is 29.8 Å². The number of furan rings is 1. The van der Waals surface area contributed by atoms with Crippen molar-refractivity contribution in [2.75, 3.05) is 17.2 Å². The lowest BCUT2D eigenvalue weighted by Gasteiger charge is -2.22. The van der Waals surface area contributed by atoms with Gasteiger partial charge in [-0.25, -0.2) is 13.8 Å². The lowest BCUT2D eigenvalue weighted by atomic mass is 10.1. The first-order chi connectivity index (χ1) is 19.7. The molecule has 3 aromatic carbocycles. The van der Waals surface area contributed by atoms with E-state index in [1.807, 2.05) is 31.2 Å². The summed E-state index contributed by atoms with van der Waals surface area (Å²) in [7, 11) is -3.55. The van der Waals surface area contributed by atoms with Gasteiger partial charge in [-0.3, -0.25) is 13.9 Å². The average Bonchev–Trinajstić information content (AvgIpc) is 3.49. The van der Waals surface area contributed by atoms with Gasteiger partial charge in [0.15, 0.2) is 6.61 Å². The van der Waals surface area contributed by atoms with Gasteiger partial charge in [0.25, 0.3) is 11.8 Å². The maximum absolute atomic E-state index is 12.5. The molecule has 0 aliphatic rings. The molecule has 10 nitrogen and oxygen atoms in total. The third-order valence-corrected chi connectivity index (χ3v) is 7.07. The molecule has 41 heavy (non-hydrogen) atoms. The van der Waals surface area contributed by atoms with Crippen LogP contribution < -0.4 is 19.8 Å². The molecular weight excluding hydrogens is 544 g/mol. The summed E-state index contributed by atoms with van der Waals surface area (Å²) in [6.45, 7) is 2.29. The first kappa shape index (κ1) is 29.1. The minimum Gasteiger partial charge on any atom is -0.484 e. The number of sulfonamides is 1. The molecule has 0 unspecified atom stereocenters. The van der Waals surface area contributed by atoms with Crippen molar-refractivity contribution in [1.82, 2.24) is 10.7 Å². The summed E-state index contributed by atoms with van der Waals surface area (Å²) in [6, 6.07) is 24.2. The van der Waals surface area contributed by atoms with Crippen molar-refractivity contribution in [2.45, 2.75) is 20.0 Å². The Morgan fingerprint density at radius 3 is 2.32 bits per heavy atom. The van der Waals surface area contributed by atoms with Crippen molar-refractivity contribution in [2.24, 2.45) is 5.10 Å². The summed E-state index contributed by atoms with van der Waals surface area (Å²) < 4.78 is 36.8. The van der Waals surface area contributed by atoms with Crippen LogP contribution in [0, 0.1) is 6.92 Å². The SMILES string of the molecule is Cc1ccc(CN(c2ccc(C(=O)N/N=C\c3ccc(OCC(=O)NCc4ccco4)cc3)cc2)S(C)(=O)=O)cc1. The van der Waals surface area contributed by atoms with E-state index in [-0.39, 0.29) is 25.6 Å². The highest BCUT2D eigenvalue weighted by molar-refractivity contribution is 7.92. The molecule has 0 bridgehead atoms. The number of benzene rings is 3. The van der Waals surface area contributed by atoms with Crippen LogP contribution >= 0.6 is 0 Å². The molecule has 4 rings (SSSR count). The van der Waals surface area contributed by atoms with E-state index in [1.165, 1.54) is 16.8 Å². The summed E-state index contributed by atoms with van der Waals surface area (Å²) >= 11 is 0. The van der Waals surface area contributed by atoms with E-state index in [4.69, 9.17) is 9.15 Å². The number of nitrogens with zero attached hydrogens (tertiary/aromatic N) is 2.